The smallest absolute Gasteiger partial charge is 0.222 e. The molecular formula is C18H27N5. The molecule has 0 aromatic carbocycles. The molecule has 4 aliphatic carbocycles. The monoisotopic (exact) mass is 313 g/mol. The average molecular weight is 313 g/mol. The van der Waals surface area contributed by atoms with Crippen molar-refractivity contribution >= 4 is 11.8 Å². The molecule has 5 fully saturated rings. The first kappa shape index (κ1) is 14.0. The van der Waals surface area contributed by atoms with Crippen LogP contribution < -0.4 is 16.4 Å². The van der Waals surface area contributed by atoms with Crippen LogP contribution in [-0.4, -0.2) is 29.1 Å². The highest BCUT2D eigenvalue weighted by atomic mass is 15.2. The third kappa shape index (κ3) is 2.24. The average Bonchev–Trinajstić information content (AvgIpc) is 2.92. The molecule has 1 aromatic rings. The van der Waals surface area contributed by atoms with E-state index in [0.717, 1.165) is 43.1 Å². The van der Waals surface area contributed by atoms with Crippen molar-refractivity contribution in [1.82, 2.24) is 9.97 Å². The summed E-state index contributed by atoms with van der Waals surface area (Å²) in [6.07, 6.45) is 9.34. The molecule has 0 spiro atoms. The third-order valence-corrected chi connectivity index (χ3v) is 6.86. The summed E-state index contributed by atoms with van der Waals surface area (Å²) < 4.78 is 0. The molecule has 5 heteroatoms. The maximum atomic E-state index is 6.10. The molecule has 5 nitrogen and oxygen atoms in total. The topological polar surface area (TPSA) is 81.1 Å². The van der Waals surface area contributed by atoms with Gasteiger partial charge < -0.3 is 16.4 Å². The number of rotatable bonds is 2. The van der Waals surface area contributed by atoms with E-state index in [0.29, 0.717) is 5.95 Å². The first-order valence-electron chi connectivity index (χ1n) is 9.25. The van der Waals surface area contributed by atoms with E-state index < -0.39 is 0 Å². The fourth-order valence-electron chi connectivity index (χ4n) is 6.31. The fourth-order valence-corrected chi connectivity index (χ4v) is 6.31. The second-order valence-electron chi connectivity index (χ2n) is 8.66. The summed E-state index contributed by atoms with van der Waals surface area (Å²) in [5, 5.41) is 0. The van der Waals surface area contributed by atoms with Gasteiger partial charge in [0.05, 0.1) is 5.69 Å². The van der Waals surface area contributed by atoms with E-state index in [4.69, 9.17) is 16.5 Å². The SMILES string of the molecule is Nc1nc(N2CC[C@@H](N)C2)cc(C23CC4CC(CC(C4)C2)C3)n1. The summed E-state index contributed by atoms with van der Waals surface area (Å²) in [7, 11) is 0. The quantitative estimate of drug-likeness (QED) is 0.873. The van der Waals surface area contributed by atoms with Crippen molar-refractivity contribution in [2.24, 2.45) is 23.5 Å². The third-order valence-electron chi connectivity index (χ3n) is 6.86. The Bertz CT molecular complexity index is 593. The minimum Gasteiger partial charge on any atom is -0.368 e. The van der Waals surface area contributed by atoms with E-state index in [1.54, 1.807) is 0 Å². The summed E-state index contributed by atoms with van der Waals surface area (Å²) in [6.45, 7) is 1.87. The van der Waals surface area contributed by atoms with Gasteiger partial charge in [0.1, 0.15) is 5.82 Å². The molecule has 1 aromatic heterocycles. The Morgan fingerprint density at radius 2 is 1.70 bits per heavy atom. The lowest BCUT2D eigenvalue weighted by molar-refractivity contribution is -0.00717. The lowest BCUT2D eigenvalue weighted by Gasteiger charge is -2.56. The number of nitrogens with zero attached hydrogens (tertiary/aromatic N) is 3. The Morgan fingerprint density at radius 1 is 1.04 bits per heavy atom. The maximum absolute atomic E-state index is 6.10. The number of anilines is 2. The zero-order valence-corrected chi connectivity index (χ0v) is 13.7. The molecule has 23 heavy (non-hydrogen) atoms. The van der Waals surface area contributed by atoms with E-state index in [1.165, 1.54) is 44.2 Å². The summed E-state index contributed by atoms with van der Waals surface area (Å²) >= 11 is 0. The van der Waals surface area contributed by atoms with Crippen LogP contribution in [0.3, 0.4) is 0 Å². The molecule has 124 valence electrons. The first-order chi connectivity index (χ1) is 11.1. The van der Waals surface area contributed by atoms with Crippen LogP contribution in [0.15, 0.2) is 6.07 Å². The van der Waals surface area contributed by atoms with E-state index in [-0.39, 0.29) is 11.5 Å². The number of hydrogen-bond acceptors (Lipinski definition) is 5. The molecule has 1 aliphatic heterocycles. The number of nitrogen functional groups attached to an aromatic ring is 1. The molecule has 4 saturated carbocycles. The molecule has 1 saturated heterocycles. The van der Waals surface area contributed by atoms with Gasteiger partial charge in [-0.15, -0.1) is 0 Å². The minimum absolute atomic E-state index is 0.259. The first-order valence-corrected chi connectivity index (χ1v) is 9.25. The normalized spacial score (nSPS) is 41.7. The highest BCUT2D eigenvalue weighted by Crippen LogP contribution is 2.60. The van der Waals surface area contributed by atoms with Crippen LogP contribution in [0.5, 0.6) is 0 Å². The van der Waals surface area contributed by atoms with Gasteiger partial charge in [0.25, 0.3) is 0 Å². The van der Waals surface area contributed by atoms with E-state index >= 15 is 0 Å². The van der Waals surface area contributed by atoms with Gasteiger partial charge in [-0.1, -0.05) is 0 Å². The number of nitrogens with two attached hydrogens (primary N) is 2. The Kier molecular flexibility index (Phi) is 2.94. The van der Waals surface area contributed by atoms with Gasteiger partial charge in [-0.05, 0) is 62.7 Å². The van der Waals surface area contributed by atoms with Crippen molar-refractivity contribution in [3.63, 3.8) is 0 Å². The van der Waals surface area contributed by atoms with Gasteiger partial charge in [0, 0.05) is 30.6 Å². The van der Waals surface area contributed by atoms with Crippen LogP contribution in [0, 0.1) is 17.8 Å². The Balaban J connectivity index is 1.52. The maximum Gasteiger partial charge on any atom is 0.222 e. The van der Waals surface area contributed by atoms with Crippen LogP contribution in [0.4, 0.5) is 11.8 Å². The summed E-state index contributed by atoms with van der Waals surface area (Å²) in [5.74, 6) is 4.19. The van der Waals surface area contributed by atoms with Crippen LogP contribution in [0.2, 0.25) is 0 Å². The Hall–Kier alpha value is -1.36. The van der Waals surface area contributed by atoms with Crippen molar-refractivity contribution in [2.45, 2.75) is 56.4 Å². The van der Waals surface area contributed by atoms with Crippen molar-refractivity contribution in [3.8, 4) is 0 Å². The number of aromatic nitrogens is 2. The summed E-state index contributed by atoms with van der Waals surface area (Å²) in [5.41, 5.74) is 13.7. The number of hydrogen-bond donors (Lipinski definition) is 2. The molecule has 1 atom stereocenters. The fraction of sp³-hybridized carbons (Fsp3) is 0.778. The van der Waals surface area contributed by atoms with Crippen LogP contribution in [0.1, 0.15) is 50.6 Å². The van der Waals surface area contributed by atoms with Gasteiger partial charge in [-0.2, -0.15) is 4.98 Å². The highest BCUT2D eigenvalue weighted by Gasteiger charge is 2.52. The van der Waals surface area contributed by atoms with Gasteiger partial charge >= 0.3 is 0 Å². The van der Waals surface area contributed by atoms with Crippen molar-refractivity contribution < 1.29 is 0 Å². The van der Waals surface area contributed by atoms with Gasteiger partial charge in [0.2, 0.25) is 5.95 Å². The molecule has 5 aliphatic rings. The molecule has 6 rings (SSSR count). The molecule has 2 heterocycles. The van der Waals surface area contributed by atoms with Gasteiger partial charge in [-0.3, -0.25) is 0 Å². The highest BCUT2D eigenvalue weighted by molar-refractivity contribution is 5.47. The second-order valence-corrected chi connectivity index (χ2v) is 8.66. The standard InChI is InChI=1S/C18H27N5/c19-14-1-2-23(10-14)16-6-15(21-17(20)22-16)18-7-11-3-12(8-18)5-13(4-11)9-18/h6,11-14H,1-5,7-10,19H2,(H2,20,21,22)/t11?,12?,13?,14-,18?/m1/s1. The van der Waals surface area contributed by atoms with E-state index in [2.05, 4.69) is 16.0 Å². The lowest BCUT2D eigenvalue weighted by atomic mass is 9.49. The van der Waals surface area contributed by atoms with E-state index in [1.807, 2.05) is 0 Å². The van der Waals surface area contributed by atoms with Gasteiger partial charge in [0.15, 0.2) is 0 Å². The molecule has 0 unspecified atom stereocenters. The summed E-state index contributed by atoms with van der Waals surface area (Å²) in [6, 6.07) is 2.50. The molecule has 0 radical (unpaired) electrons. The molecule has 4 N–H and O–H groups in total. The van der Waals surface area contributed by atoms with Crippen LogP contribution in [0.25, 0.3) is 0 Å². The van der Waals surface area contributed by atoms with E-state index in [9.17, 15) is 0 Å². The van der Waals surface area contributed by atoms with Crippen LogP contribution >= 0.6 is 0 Å². The predicted molar refractivity (Wildman–Crippen MR) is 91.1 cm³/mol. The lowest BCUT2D eigenvalue weighted by Crippen LogP contribution is -2.49. The zero-order valence-electron chi connectivity index (χ0n) is 13.7. The Morgan fingerprint density at radius 3 is 2.26 bits per heavy atom. The molecule has 0 amide bonds. The largest absolute Gasteiger partial charge is 0.368 e. The molecule has 4 bridgehead atoms. The summed E-state index contributed by atoms with van der Waals surface area (Å²) in [4.78, 5) is 11.5. The van der Waals surface area contributed by atoms with Crippen LogP contribution in [-0.2, 0) is 5.41 Å². The zero-order chi connectivity index (χ0) is 15.6. The van der Waals surface area contributed by atoms with Crippen molar-refractivity contribution in [1.29, 1.82) is 0 Å². The van der Waals surface area contributed by atoms with Crippen molar-refractivity contribution in [3.05, 3.63) is 11.8 Å². The Labute approximate surface area is 137 Å². The minimum atomic E-state index is 0.259. The van der Waals surface area contributed by atoms with Crippen molar-refractivity contribution in [2.75, 3.05) is 23.7 Å². The second kappa shape index (κ2) is 4.82. The molecular weight excluding hydrogens is 286 g/mol. The van der Waals surface area contributed by atoms with Gasteiger partial charge in [-0.25, -0.2) is 4.98 Å². The predicted octanol–water partition coefficient (Wildman–Crippen LogP) is 2.06.